The van der Waals surface area contributed by atoms with Crippen molar-refractivity contribution >= 4 is 17.2 Å². The Morgan fingerprint density at radius 3 is 3.06 bits per heavy atom. The second kappa shape index (κ2) is 3.35. The summed E-state index contributed by atoms with van der Waals surface area (Å²) in [6.07, 6.45) is 2.55. The third-order valence-corrected chi connectivity index (χ3v) is 2.97. The van der Waals surface area contributed by atoms with Crippen molar-refractivity contribution in [2.75, 3.05) is 11.1 Å². The van der Waals surface area contributed by atoms with Crippen molar-refractivity contribution in [3.63, 3.8) is 0 Å². The number of nitrogens with one attached hydrogen (secondary N) is 1. The van der Waals surface area contributed by atoms with Crippen molar-refractivity contribution in [2.24, 2.45) is 7.05 Å². The number of benzene rings is 1. The topological polar surface area (TPSA) is 72.9 Å². The summed E-state index contributed by atoms with van der Waals surface area (Å²) in [7, 11) is 1.70. The van der Waals surface area contributed by atoms with Crippen molar-refractivity contribution < 1.29 is 0 Å². The first-order chi connectivity index (χ1) is 8.15. The number of rotatable bonds is 0. The SMILES string of the molecule is Cn1cc2c(nc1=O)Nc1c(N)cccc1C2. The second-order valence-corrected chi connectivity index (χ2v) is 4.19. The second-order valence-electron chi connectivity index (χ2n) is 4.19. The van der Waals surface area contributed by atoms with Gasteiger partial charge in [0.1, 0.15) is 5.82 Å². The molecule has 2 aromatic rings. The van der Waals surface area contributed by atoms with Crippen molar-refractivity contribution in [1.82, 2.24) is 9.55 Å². The van der Waals surface area contributed by atoms with Gasteiger partial charge in [0.25, 0.3) is 0 Å². The molecule has 0 saturated heterocycles. The quantitative estimate of drug-likeness (QED) is 0.563. The fourth-order valence-corrected chi connectivity index (χ4v) is 2.08. The Kier molecular flexibility index (Phi) is 1.95. The van der Waals surface area contributed by atoms with Crippen molar-refractivity contribution in [3.05, 3.63) is 46.0 Å². The Labute approximate surface area is 97.9 Å². The van der Waals surface area contributed by atoms with Gasteiger partial charge in [0.2, 0.25) is 0 Å². The molecule has 0 amide bonds. The lowest BCUT2D eigenvalue weighted by Crippen LogP contribution is -2.24. The summed E-state index contributed by atoms with van der Waals surface area (Å²) in [5, 5.41) is 3.13. The van der Waals surface area contributed by atoms with Gasteiger partial charge in [-0.3, -0.25) is 0 Å². The zero-order valence-electron chi connectivity index (χ0n) is 9.40. The normalized spacial score (nSPS) is 12.5. The molecule has 0 unspecified atom stereocenters. The molecule has 2 heterocycles. The third-order valence-electron chi connectivity index (χ3n) is 2.97. The molecule has 0 fully saturated rings. The monoisotopic (exact) mass is 228 g/mol. The summed E-state index contributed by atoms with van der Waals surface area (Å²) in [4.78, 5) is 15.5. The van der Waals surface area contributed by atoms with E-state index in [0.717, 1.165) is 23.2 Å². The number of para-hydroxylation sites is 1. The van der Waals surface area contributed by atoms with Crippen LogP contribution in [0.5, 0.6) is 0 Å². The minimum atomic E-state index is -0.269. The highest BCUT2D eigenvalue weighted by Gasteiger charge is 2.18. The van der Waals surface area contributed by atoms with Gasteiger partial charge >= 0.3 is 5.69 Å². The van der Waals surface area contributed by atoms with Crippen LogP contribution < -0.4 is 16.7 Å². The molecule has 3 N–H and O–H groups in total. The van der Waals surface area contributed by atoms with Gasteiger partial charge in [-0.25, -0.2) is 4.79 Å². The summed E-state index contributed by atoms with van der Waals surface area (Å²) in [5.74, 6) is 0.610. The van der Waals surface area contributed by atoms with E-state index in [1.54, 1.807) is 7.05 Å². The van der Waals surface area contributed by atoms with Crippen LogP contribution in [0.3, 0.4) is 0 Å². The molecule has 5 heteroatoms. The number of hydrogen-bond donors (Lipinski definition) is 2. The molecule has 5 nitrogen and oxygen atoms in total. The Hall–Kier alpha value is -2.30. The first-order valence-corrected chi connectivity index (χ1v) is 5.36. The van der Waals surface area contributed by atoms with Crippen LogP contribution in [-0.4, -0.2) is 9.55 Å². The van der Waals surface area contributed by atoms with Crippen LogP contribution in [0.4, 0.5) is 17.2 Å². The smallest absolute Gasteiger partial charge is 0.349 e. The van der Waals surface area contributed by atoms with E-state index in [1.165, 1.54) is 4.57 Å². The zero-order valence-corrected chi connectivity index (χ0v) is 9.40. The van der Waals surface area contributed by atoms with Crippen LogP contribution in [0, 0.1) is 0 Å². The van der Waals surface area contributed by atoms with Crippen LogP contribution in [0.2, 0.25) is 0 Å². The number of hydrogen-bond acceptors (Lipinski definition) is 4. The van der Waals surface area contributed by atoms with Gasteiger partial charge in [-0.2, -0.15) is 4.98 Å². The molecule has 0 spiro atoms. The maximum absolute atomic E-state index is 11.5. The third kappa shape index (κ3) is 1.47. The molecule has 17 heavy (non-hydrogen) atoms. The molecule has 0 radical (unpaired) electrons. The number of nitrogens with zero attached hydrogens (tertiary/aromatic N) is 2. The molecule has 3 rings (SSSR count). The first kappa shape index (κ1) is 9.89. The van der Waals surface area contributed by atoms with Gasteiger partial charge in [-0.05, 0) is 11.6 Å². The van der Waals surface area contributed by atoms with Crippen LogP contribution >= 0.6 is 0 Å². The van der Waals surface area contributed by atoms with Crippen LogP contribution in [0.1, 0.15) is 11.1 Å². The summed E-state index contributed by atoms with van der Waals surface area (Å²) in [5.41, 5.74) is 9.29. The first-order valence-electron chi connectivity index (χ1n) is 5.36. The minimum absolute atomic E-state index is 0.269. The van der Waals surface area contributed by atoms with Gasteiger partial charge in [-0.15, -0.1) is 0 Å². The van der Waals surface area contributed by atoms with Crippen molar-refractivity contribution in [2.45, 2.75) is 6.42 Å². The lowest BCUT2D eigenvalue weighted by Gasteiger charge is -2.21. The van der Waals surface area contributed by atoms with E-state index < -0.39 is 0 Å². The molecule has 0 bridgehead atoms. The van der Waals surface area contributed by atoms with Crippen LogP contribution in [0.15, 0.2) is 29.2 Å². The molecule has 1 aromatic heterocycles. The maximum atomic E-state index is 11.5. The van der Waals surface area contributed by atoms with Crippen molar-refractivity contribution in [1.29, 1.82) is 0 Å². The summed E-state index contributed by atoms with van der Waals surface area (Å²) >= 11 is 0. The molecule has 1 aliphatic heterocycles. The van der Waals surface area contributed by atoms with Gasteiger partial charge in [0, 0.05) is 25.2 Å². The molecule has 1 aromatic carbocycles. The highest BCUT2D eigenvalue weighted by Crippen LogP contribution is 2.34. The average molecular weight is 228 g/mol. The van der Waals surface area contributed by atoms with E-state index in [9.17, 15) is 4.79 Å². The number of nitrogens with two attached hydrogens (primary N) is 1. The van der Waals surface area contributed by atoms with E-state index in [0.29, 0.717) is 11.5 Å². The minimum Gasteiger partial charge on any atom is -0.397 e. The Bertz CT molecular complexity index is 660. The largest absolute Gasteiger partial charge is 0.397 e. The standard InChI is InChI=1S/C12H12N4O/c1-16-6-8-5-7-3-2-4-9(13)10(7)14-11(8)15-12(16)17/h2-4,6H,5,13H2,1H3,(H,14,15,17). The van der Waals surface area contributed by atoms with Gasteiger partial charge in [-0.1, -0.05) is 12.1 Å². The molecule has 1 aliphatic rings. The fraction of sp³-hybridized carbons (Fsp3) is 0.167. The number of aryl methyl sites for hydroxylation is 1. The van der Waals surface area contributed by atoms with Gasteiger partial charge < -0.3 is 15.6 Å². The van der Waals surface area contributed by atoms with E-state index in [4.69, 9.17) is 5.73 Å². The number of anilines is 3. The average Bonchev–Trinajstić information content (AvgIpc) is 2.29. The summed E-state index contributed by atoms with van der Waals surface area (Å²) in [6, 6.07) is 5.78. The van der Waals surface area contributed by atoms with Gasteiger partial charge in [0.05, 0.1) is 11.4 Å². The predicted molar refractivity (Wildman–Crippen MR) is 66.4 cm³/mol. The molecular weight excluding hydrogens is 216 g/mol. The molecule has 0 atom stereocenters. The number of aromatic nitrogens is 2. The lowest BCUT2D eigenvalue weighted by molar-refractivity contribution is 0.795. The predicted octanol–water partition coefficient (Wildman–Crippen LogP) is 1.01. The van der Waals surface area contributed by atoms with E-state index in [1.807, 2.05) is 24.4 Å². The lowest BCUT2D eigenvalue weighted by atomic mass is 10.00. The number of fused-ring (bicyclic) bond motifs is 2. The molecule has 0 saturated carbocycles. The fourth-order valence-electron chi connectivity index (χ4n) is 2.08. The Morgan fingerprint density at radius 1 is 1.41 bits per heavy atom. The Morgan fingerprint density at radius 2 is 2.24 bits per heavy atom. The molecule has 0 aliphatic carbocycles. The van der Waals surface area contributed by atoms with E-state index in [-0.39, 0.29) is 5.69 Å². The summed E-state index contributed by atoms with van der Waals surface area (Å²) in [6.45, 7) is 0. The van der Waals surface area contributed by atoms with E-state index in [2.05, 4.69) is 10.3 Å². The number of nitrogen functional groups attached to an aromatic ring is 1. The summed E-state index contributed by atoms with van der Waals surface area (Å²) < 4.78 is 1.48. The van der Waals surface area contributed by atoms with E-state index >= 15 is 0 Å². The molecule has 86 valence electrons. The van der Waals surface area contributed by atoms with Crippen molar-refractivity contribution in [3.8, 4) is 0 Å². The zero-order chi connectivity index (χ0) is 12.0. The van der Waals surface area contributed by atoms with Crippen LogP contribution in [-0.2, 0) is 13.5 Å². The molecular formula is C12H12N4O. The highest BCUT2D eigenvalue weighted by atomic mass is 16.1. The maximum Gasteiger partial charge on any atom is 0.349 e. The van der Waals surface area contributed by atoms with Gasteiger partial charge in [0.15, 0.2) is 0 Å². The van der Waals surface area contributed by atoms with Crippen LogP contribution in [0.25, 0.3) is 0 Å². The highest BCUT2D eigenvalue weighted by molar-refractivity contribution is 5.78. The Balaban J connectivity index is 2.17.